The van der Waals surface area contributed by atoms with E-state index in [1.54, 1.807) is 30.3 Å². The minimum atomic E-state index is -0.322. The molecular weight excluding hydrogens is 361 g/mol. The fourth-order valence-corrected chi connectivity index (χ4v) is 2.50. The largest absolute Gasteiger partial charge is 0.506 e. The van der Waals surface area contributed by atoms with Crippen LogP contribution in [0.1, 0.15) is 44.1 Å². The Kier molecular flexibility index (Phi) is 8.65. The summed E-state index contributed by atoms with van der Waals surface area (Å²) in [6.45, 7) is 0. The number of unbranched alkanes of at least 4 members (excludes halogenated alkanes) is 3. The summed E-state index contributed by atoms with van der Waals surface area (Å²) in [6, 6.07) is 12.4. The molecule has 0 saturated heterocycles. The summed E-state index contributed by atoms with van der Waals surface area (Å²) >= 11 is 0. The molecule has 28 heavy (non-hydrogen) atoms. The van der Waals surface area contributed by atoms with Crippen molar-refractivity contribution in [1.82, 2.24) is 5.43 Å². The number of nitrogens with one attached hydrogen (secondary N) is 2. The third-order valence-electron chi connectivity index (χ3n) is 4.01. The minimum Gasteiger partial charge on any atom is -0.506 e. The van der Waals surface area contributed by atoms with Crippen molar-refractivity contribution in [3.8, 4) is 5.75 Å². The van der Waals surface area contributed by atoms with Crippen LogP contribution in [-0.4, -0.2) is 23.1 Å². The molecule has 7 heteroatoms. The van der Waals surface area contributed by atoms with Crippen LogP contribution in [0.15, 0.2) is 53.6 Å². The Balaban J connectivity index is 1.52. The van der Waals surface area contributed by atoms with Gasteiger partial charge in [-0.1, -0.05) is 37.1 Å². The van der Waals surface area contributed by atoms with E-state index in [0.29, 0.717) is 36.9 Å². The van der Waals surface area contributed by atoms with Crippen LogP contribution in [0, 0.1) is 5.82 Å². The SMILES string of the molecule is O=C(CCCCCCC(=O)Nc1ccccc1O)N/N=C/c1ccc(F)cc1. The van der Waals surface area contributed by atoms with E-state index >= 15 is 0 Å². The van der Waals surface area contributed by atoms with Gasteiger partial charge in [0.15, 0.2) is 0 Å². The first-order chi connectivity index (χ1) is 13.5. The van der Waals surface area contributed by atoms with Crippen molar-refractivity contribution in [1.29, 1.82) is 0 Å². The van der Waals surface area contributed by atoms with Gasteiger partial charge in [0.2, 0.25) is 11.8 Å². The number of phenols is 1. The van der Waals surface area contributed by atoms with Crippen molar-refractivity contribution in [2.45, 2.75) is 38.5 Å². The topological polar surface area (TPSA) is 90.8 Å². The molecule has 148 valence electrons. The van der Waals surface area contributed by atoms with E-state index in [9.17, 15) is 19.1 Å². The number of nitrogens with zero attached hydrogens (tertiary/aromatic N) is 1. The molecule has 0 unspecified atom stereocenters. The van der Waals surface area contributed by atoms with Gasteiger partial charge in [0, 0.05) is 12.8 Å². The number of para-hydroxylation sites is 2. The number of anilines is 1. The highest BCUT2D eigenvalue weighted by Gasteiger charge is 2.05. The van der Waals surface area contributed by atoms with Crippen LogP contribution in [0.3, 0.4) is 0 Å². The van der Waals surface area contributed by atoms with Crippen LogP contribution in [0.2, 0.25) is 0 Å². The molecule has 3 N–H and O–H groups in total. The standard InChI is InChI=1S/C21H24FN3O3/c22-17-13-11-16(12-14-17)15-23-25-21(28)10-4-2-1-3-9-20(27)24-18-7-5-6-8-19(18)26/h5-8,11-15,26H,1-4,9-10H2,(H,24,27)(H,25,28)/b23-15+. The van der Waals surface area contributed by atoms with E-state index in [0.717, 1.165) is 12.8 Å². The summed E-state index contributed by atoms with van der Waals surface area (Å²) in [5.41, 5.74) is 3.54. The minimum absolute atomic E-state index is 0.0453. The highest BCUT2D eigenvalue weighted by Crippen LogP contribution is 2.21. The molecule has 0 atom stereocenters. The number of hydrazone groups is 1. The molecule has 0 spiro atoms. The molecule has 0 aliphatic carbocycles. The van der Waals surface area contributed by atoms with Gasteiger partial charge >= 0.3 is 0 Å². The monoisotopic (exact) mass is 385 g/mol. The normalized spacial score (nSPS) is 10.8. The lowest BCUT2D eigenvalue weighted by molar-refractivity contribution is -0.121. The number of halogens is 1. The molecule has 2 aromatic carbocycles. The first-order valence-electron chi connectivity index (χ1n) is 9.20. The number of carbonyl (C=O) groups excluding carboxylic acids is 2. The smallest absolute Gasteiger partial charge is 0.240 e. The number of rotatable bonds is 10. The van der Waals surface area contributed by atoms with Crippen molar-refractivity contribution >= 4 is 23.7 Å². The Hall–Kier alpha value is -3.22. The second-order valence-electron chi connectivity index (χ2n) is 6.32. The van der Waals surface area contributed by atoms with Gasteiger partial charge in [-0.3, -0.25) is 9.59 Å². The second-order valence-corrected chi connectivity index (χ2v) is 6.32. The molecule has 2 rings (SSSR count). The Labute approximate surface area is 163 Å². The number of amides is 2. The van der Waals surface area contributed by atoms with Gasteiger partial charge in [-0.25, -0.2) is 9.82 Å². The van der Waals surface area contributed by atoms with Gasteiger partial charge in [-0.05, 0) is 42.7 Å². The molecule has 0 aliphatic rings. The molecule has 2 aromatic rings. The van der Waals surface area contributed by atoms with Crippen LogP contribution < -0.4 is 10.7 Å². The van der Waals surface area contributed by atoms with Gasteiger partial charge in [-0.2, -0.15) is 5.10 Å². The van der Waals surface area contributed by atoms with E-state index < -0.39 is 0 Å². The number of carbonyl (C=O) groups is 2. The molecule has 0 heterocycles. The third-order valence-corrected chi connectivity index (χ3v) is 4.01. The molecule has 2 amide bonds. The number of phenolic OH excluding ortho intramolecular Hbond substituents is 1. The third kappa shape index (κ3) is 7.99. The maximum atomic E-state index is 12.8. The fourth-order valence-electron chi connectivity index (χ4n) is 2.50. The van der Waals surface area contributed by atoms with Gasteiger partial charge in [-0.15, -0.1) is 0 Å². The maximum absolute atomic E-state index is 12.8. The highest BCUT2D eigenvalue weighted by molar-refractivity contribution is 5.92. The van der Waals surface area contributed by atoms with Crippen LogP contribution >= 0.6 is 0 Å². The lowest BCUT2D eigenvalue weighted by Gasteiger charge is -2.06. The lowest BCUT2D eigenvalue weighted by Crippen LogP contribution is -2.16. The Morgan fingerprint density at radius 3 is 2.25 bits per heavy atom. The Morgan fingerprint density at radius 2 is 1.57 bits per heavy atom. The quantitative estimate of drug-likeness (QED) is 0.250. The summed E-state index contributed by atoms with van der Waals surface area (Å²) in [7, 11) is 0. The molecule has 0 bridgehead atoms. The number of hydrogen-bond donors (Lipinski definition) is 3. The van der Waals surface area contributed by atoms with E-state index in [-0.39, 0.29) is 23.4 Å². The van der Waals surface area contributed by atoms with Crippen molar-refractivity contribution in [2.24, 2.45) is 5.10 Å². The average Bonchev–Trinajstić information content (AvgIpc) is 2.68. The molecule has 0 aliphatic heterocycles. The summed E-state index contributed by atoms with van der Waals surface area (Å²) in [5.74, 6) is -0.606. The Morgan fingerprint density at radius 1 is 0.929 bits per heavy atom. The highest BCUT2D eigenvalue weighted by atomic mass is 19.1. The molecule has 0 saturated carbocycles. The summed E-state index contributed by atoms with van der Waals surface area (Å²) in [4.78, 5) is 23.5. The predicted molar refractivity (Wildman–Crippen MR) is 107 cm³/mol. The van der Waals surface area contributed by atoms with Crippen LogP contribution in [-0.2, 0) is 9.59 Å². The average molecular weight is 385 g/mol. The van der Waals surface area contributed by atoms with Gasteiger partial charge in [0.05, 0.1) is 11.9 Å². The summed E-state index contributed by atoms with van der Waals surface area (Å²) in [6.07, 6.45) is 5.26. The molecule has 0 radical (unpaired) electrons. The summed E-state index contributed by atoms with van der Waals surface area (Å²) in [5, 5.41) is 16.1. The van der Waals surface area contributed by atoms with Crippen molar-refractivity contribution < 1.29 is 19.1 Å². The molecule has 0 fully saturated rings. The van der Waals surface area contributed by atoms with Crippen molar-refractivity contribution in [2.75, 3.05) is 5.32 Å². The van der Waals surface area contributed by atoms with E-state index in [2.05, 4.69) is 15.8 Å². The zero-order valence-electron chi connectivity index (χ0n) is 15.5. The maximum Gasteiger partial charge on any atom is 0.240 e. The number of aromatic hydroxyl groups is 1. The number of benzene rings is 2. The molecular formula is C21H24FN3O3. The van der Waals surface area contributed by atoms with E-state index in [1.165, 1.54) is 24.4 Å². The summed E-state index contributed by atoms with van der Waals surface area (Å²) < 4.78 is 12.8. The van der Waals surface area contributed by atoms with E-state index in [1.807, 2.05) is 0 Å². The van der Waals surface area contributed by atoms with Gasteiger partial charge < -0.3 is 10.4 Å². The van der Waals surface area contributed by atoms with Crippen LogP contribution in [0.4, 0.5) is 10.1 Å². The predicted octanol–water partition coefficient (Wildman–Crippen LogP) is 3.96. The Bertz CT molecular complexity index is 807. The lowest BCUT2D eigenvalue weighted by atomic mass is 10.1. The van der Waals surface area contributed by atoms with Crippen molar-refractivity contribution in [3.63, 3.8) is 0 Å². The van der Waals surface area contributed by atoms with E-state index in [4.69, 9.17) is 0 Å². The van der Waals surface area contributed by atoms with Crippen molar-refractivity contribution in [3.05, 3.63) is 59.9 Å². The van der Waals surface area contributed by atoms with Gasteiger partial charge in [0.1, 0.15) is 11.6 Å². The van der Waals surface area contributed by atoms with Gasteiger partial charge in [0.25, 0.3) is 0 Å². The second kappa shape index (κ2) is 11.5. The first-order valence-corrected chi connectivity index (χ1v) is 9.20. The van der Waals surface area contributed by atoms with Crippen LogP contribution in [0.5, 0.6) is 5.75 Å². The molecule has 6 nitrogen and oxygen atoms in total. The number of hydrogen-bond acceptors (Lipinski definition) is 4. The zero-order valence-corrected chi connectivity index (χ0v) is 15.5. The zero-order chi connectivity index (χ0) is 20.2. The first kappa shape index (κ1) is 21.1. The van der Waals surface area contributed by atoms with Crippen LogP contribution in [0.25, 0.3) is 0 Å². The molecule has 0 aromatic heterocycles. The fraction of sp³-hybridized carbons (Fsp3) is 0.286.